The maximum absolute atomic E-state index is 12.9. The molecule has 0 saturated heterocycles. The summed E-state index contributed by atoms with van der Waals surface area (Å²) in [5.41, 5.74) is 1.96. The van der Waals surface area contributed by atoms with Gasteiger partial charge in [0.2, 0.25) is 0 Å². The van der Waals surface area contributed by atoms with Crippen LogP contribution in [0.15, 0.2) is 59.0 Å². The predicted molar refractivity (Wildman–Crippen MR) is 77.9 cm³/mol. The Hall–Kier alpha value is -2.13. The molecule has 102 valence electrons. The van der Waals surface area contributed by atoms with E-state index in [-0.39, 0.29) is 11.9 Å². The SMILES string of the molecule is C[C@@H](NCc1cc2ccccc2o1)c1ccc(F)cc1. The van der Waals surface area contributed by atoms with Crippen molar-refractivity contribution in [1.82, 2.24) is 5.32 Å². The van der Waals surface area contributed by atoms with Crippen LogP contribution in [0.4, 0.5) is 4.39 Å². The zero-order valence-electron chi connectivity index (χ0n) is 11.3. The molecule has 3 aromatic rings. The molecule has 0 radical (unpaired) electrons. The van der Waals surface area contributed by atoms with Gasteiger partial charge in [0, 0.05) is 11.4 Å². The maximum Gasteiger partial charge on any atom is 0.134 e. The van der Waals surface area contributed by atoms with E-state index < -0.39 is 0 Å². The number of hydrogen-bond donors (Lipinski definition) is 1. The average Bonchev–Trinajstić information content (AvgIpc) is 2.88. The summed E-state index contributed by atoms with van der Waals surface area (Å²) in [5.74, 6) is 0.693. The normalized spacial score (nSPS) is 12.7. The lowest BCUT2D eigenvalue weighted by atomic mass is 10.1. The molecule has 1 atom stereocenters. The smallest absolute Gasteiger partial charge is 0.134 e. The van der Waals surface area contributed by atoms with Crippen molar-refractivity contribution in [2.75, 3.05) is 0 Å². The van der Waals surface area contributed by atoms with E-state index in [1.165, 1.54) is 12.1 Å². The fraction of sp³-hybridized carbons (Fsp3) is 0.176. The lowest BCUT2D eigenvalue weighted by molar-refractivity contribution is 0.482. The minimum atomic E-state index is -0.210. The standard InChI is InChI=1S/C17H16FNO/c1-12(13-6-8-15(18)9-7-13)19-11-16-10-14-4-2-3-5-17(14)20-16/h2-10,12,19H,11H2,1H3/t12-/m1/s1. The van der Waals surface area contributed by atoms with Crippen molar-refractivity contribution in [2.24, 2.45) is 0 Å². The molecule has 3 rings (SSSR count). The highest BCUT2D eigenvalue weighted by atomic mass is 19.1. The van der Waals surface area contributed by atoms with Gasteiger partial charge in [-0.05, 0) is 36.8 Å². The third-order valence-electron chi connectivity index (χ3n) is 3.43. The van der Waals surface area contributed by atoms with Gasteiger partial charge in [-0.15, -0.1) is 0 Å². The molecule has 0 aliphatic heterocycles. The molecule has 1 N–H and O–H groups in total. The monoisotopic (exact) mass is 269 g/mol. The van der Waals surface area contributed by atoms with Gasteiger partial charge in [0.15, 0.2) is 0 Å². The fourth-order valence-electron chi connectivity index (χ4n) is 2.25. The van der Waals surface area contributed by atoms with Crippen LogP contribution in [-0.2, 0) is 6.54 Å². The summed E-state index contributed by atoms with van der Waals surface area (Å²) in [4.78, 5) is 0. The molecule has 1 heterocycles. The topological polar surface area (TPSA) is 25.2 Å². The van der Waals surface area contributed by atoms with Gasteiger partial charge in [-0.25, -0.2) is 4.39 Å². The molecular weight excluding hydrogens is 253 g/mol. The summed E-state index contributed by atoms with van der Waals surface area (Å²) >= 11 is 0. The van der Waals surface area contributed by atoms with Crippen molar-refractivity contribution in [3.63, 3.8) is 0 Å². The van der Waals surface area contributed by atoms with Crippen LogP contribution in [0.25, 0.3) is 11.0 Å². The van der Waals surface area contributed by atoms with E-state index in [1.54, 1.807) is 12.1 Å². The largest absolute Gasteiger partial charge is 0.460 e. The first-order valence-corrected chi connectivity index (χ1v) is 6.69. The van der Waals surface area contributed by atoms with Gasteiger partial charge in [0.05, 0.1) is 6.54 Å². The summed E-state index contributed by atoms with van der Waals surface area (Å²) in [7, 11) is 0. The number of nitrogens with one attached hydrogen (secondary N) is 1. The Bertz CT molecular complexity index is 669. The third-order valence-corrected chi connectivity index (χ3v) is 3.43. The number of furan rings is 1. The van der Waals surface area contributed by atoms with E-state index >= 15 is 0 Å². The summed E-state index contributed by atoms with van der Waals surface area (Å²) in [5, 5.41) is 4.49. The summed E-state index contributed by atoms with van der Waals surface area (Å²) < 4.78 is 18.6. The Morgan fingerprint density at radius 3 is 2.60 bits per heavy atom. The first-order valence-electron chi connectivity index (χ1n) is 6.69. The summed E-state index contributed by atoms with van der Waals surface area (Å²) in [6, 6.07) is 16.7. The number of rotatable bonds is 4. The summed E-state index contributed by atoms with van der Waals surface area (Å²) in [6.07, 6.45) is 0. The highest BCUT2D eigenvalue weighted by Crippen LogP contribution is 2.20. The van der Waals surface area contributed by atoms with Crippen LogP contribution < -0.4 is 5.32 Å². The zero-order chi connectivity index (χ0) is 13.9. The molecule has 0 amide bonds. The zero-order valence-corrected chi connectivity index (χ0v) is 11.3. The molecule has 0 aliphatic carbocycles. The van der Waals surface area contributed by atoms with Crippen molar-refractivity contribution < 1.29 is 8.81 Å². The van der Waals surface area contributed by atoms with Crippen molar-refractivity contribution >= 4 is 11.0 Å². The van der Waals surface area contributed by atoms with E-state index in [0.29, 0.717) is 6.54 Å². The molecule has 2 nitrogen and oxygen atoms in total. The Morgan fingerprint density at radius 1 is 1.10 bits per heavy atom. The molecule has 1 aromatic heterocycles. The molecule has 2 aromatic carbocycles. The molecule has 0 bridgehead atoms. The van der Waals surface area contributed by atoms with Crippen LogP contribution in [0.1, 0.15) is 24.3 Å². The van der Waals surface area contributed by atoms with Gasteiger partial charge in [-0.3, -0.25) is 0 Å². The first kappa shape index (κ1) is 12.9. The first-order chi connectivity index (χ1) is 9.72. The Morgan fingerprint density at radius 2 is 1.85 bits per heavy atom. The van der Waals surface area contributed by atoms with Gasteiger partial charge in [0.1, 0.15) is 17.2 Å². The minimum Gasteiger partial charge on any atom is -0.460 e. The van der Waals surface area contributed by atoms with E-state index in [4.69, 9.17) is 4.42 Å². The highest BCUT2D eigenvalue weighted by molar-refractivity contribution is 5.77. The molecule has 0 fully saturated rings. The number of hydrogen-bond acceptors (Lipinski definition) is 2. The van der Waals surface area contributed by atoms with Gasteiger partial charge >= 0.3 is 0 Å². The van der Waals surface area contributed by atoms with Crippen LogP contribution >= 0.6 is 0 Å². The van der Waals surface area contributed by atoms with E-state index in [9.17, 15) is 4.39 Å². The van der Waals surface area contributed by atoms with Gasteiger partial charge < -0.3 is 9.73 Å². The Kier molecular flexibility index (Phi) is 3.52. The van der Waals surface area contributed by atoms with Crippen LogP contribution in [-0.4, -0.2) is 0 Å². The van der Waals surface area contributed by atoms with Crippen molar-refractivity contribution in [3.05, 3.63) is 71.7 Å². The van der Waals surface area contributed by atoms with Crippen LogP contribution in [0.5, 0.6) is 0 Å². The van der Waals surface area contributed by atoms with Gasteiger partial charge in [-0.2, -0.15) is 0 Å². The predicted octanol–water partition coefficient (Wildman–Crippen LogP) is 4.42. The molecule has 0 unspecified atom stereocenters. The van der Waals surface area contributed by atoms with E-state index in [2.05, 4.69) is 12.2 Å². The number of benzene rings is 2. The molecule has 0 saturated carbocycles. The minimum absolute atomic E-state index is 0.142. The number of fused-ring (bicyclic) bond motifs is 1. The molecule has 0 aliphatic rings. The van der Waals surface area contributed by atoms with Crippen LogP contribution in [0.3, 0.4) is 0 Å². The van der Waals surface area contributed by atoms with Crippen molar-refractivity contribution in [1.29, 1.82) is 0 Å². The second-order valence-electron chi connectivity index (χ2n) is 4.90. The van der Waals surface area contributed by atoms with Crippen LogP contribution in [0, 0.1) is 5.82 Å². The van der Waals surface area contributed by atoms with E-state index in [1.807, 2.05) is 30.3 Å². The second-order valence-corrected chi connectivity index (χ2v) is 4.90. The highest BCUT2D eigenvalue weighted by Gasteiger charge is 2.07. The van der Waals surface area contributed by atoms with Crippen molar-refractivity contribution in [2.45, 2.75) is 19.5 Å². The molecular formula is C17H16FNO. The quantitative estimate of drug-likeness (QED) is 0.758. The lowest BCUT2D eigenvalue weighted by Gasteiger charge is -2.13. The average molecular weight is 269 g/mol. The third kappa shape index (κ3) is 2.73. The molecule has 0 spiro atoms. The lowest BCUT2D eigenvalue weighted by Crippen LogP contribution is -2.17. The van der Waals surface area contributed by atoms with Crippen LogP contribution in [0.2, 0.25) is 0 Å². The van der Waals surface area contributed by atoms with E-state index in [0.717, 1.165) is 22.3 Å². The fourth-order valence-corrected chi connectivity index (χ4v) is 2.25. The molecule has 20 heavy (non-hydrogen) atoms. The number of para-hydroxylation sites is 1. The maximum atomic E-state index is 12.9. The Balaban J connectivity index is 1.68. The molecule has 3 heteroatoms. The Labute approximate surface area is 117 Å². The second kappa shape index (κ2) is 5.47. The number of halogens is 1. The van der Waals surface area contributed by atoms with Gasteiger partial charge in [0.25, 0.3) is 0 Å². The van der Waals surface area contributed by atoms with Crippen molar-refractivity contribution in [3.8, 4) is 0 Å². The van der Waals surface area contributed by atoms with Gasteiger partial charge in [-0.1, -0.05) is 30.3 Å². The summed E-state index contributed by atoms with van der Waals surface area (Å²) in [6.45, 7) is 2.70.